The van der Waals surface area contributed by atoms with Gasteiger partial charge in [0.15, 0.2) is 5.82 Å². The highest BCUT2D eigenvalue weighted by Crippen LogP contribution is 2.09. The van der Waals surface area contributed by atoms with Gasteiger partial charge in [-0.1, -0.05) is 0 Å². The number of H-pyrrole nitrogens is 1. The van der Waals surface area contributed by atoms with Gasteiger partial charge in [-0.3, -0.25) is 14.3 Å². The average molecular weight is 209 g/mol. The minimum atomic E-state index is 0.570. The molecule has 0 aliphatic rings. The van der Waals surface area contributed by atoms with Crippen LogP contribution in [-0.4, -0.2) is 24.5 Å². The summed E-state index contributed by atoms with van der Waals surface area (Å²) in [5.41, 5.74) is 1.09. The lowest BCUT2D eigenvalue weighted by Crippen LogP contribution is -1.99. The van der Waals surface area contributed by atoms with E-state index >= 15 is 0 Å². The van der Waals surface area contributed by atoms with Gasteiger partial charge < -0.3 is 0 Å². The average Bonchev–Trinajstić information content (AvgIpc) is 2.59. The van der Waals surface area contributed by atoms with Gasteiger partial charge in [-0.25, -0.2) is 0 Å². The number of hydrogen-bond donors (Lipinski definition) is 1. The van der Waals surface area contributed by atoms with Crippen LogP contribution in [0, 0.1) is 18.6 Å². The molecule has 2 aromatic rings. The Morgan fingerprint density at radius 2 is 2.14 bits per heavy atom. The number of aromatic nitrogens is 5. The Balaban J connectivity index is 2.65. The maximum absolute atomic E-state index is 5.10. The van der Waals surface area contributed by atoms with Crippen molar-refractivity contribution in [3.63, 3.8) is 0 Å². The number of nitrogens with one attached hydrogen (secondary N) is 1. The van der Waals surface area contributed by atoms with Crippen molar-refractivity contribution in [2.24, 2.45) is 7.05 Å². The van der Waals surface area contributed by atoms with Crippen LogP contribution in [0.3, 0.4) is 0 Å². The SMILES string of the molecule is Cc1cc(-n2c(C)n[nH]c2=S)nn1C. The Hall–Kier alpha value is -1.43. The van der Waals surface area contributed by atoms with Crippen LogP contribution in [0.25, 0.3) is 5.82 Å². The number of hydrogen-bond acceptors (Lipinski definition) is 3. The van der Waals surface area contributed by atoms with Crippen LogP contribution in [0.4, 0.5) is 0 Å². The van der Waals surface area contributed by atoms with Gasteiger partial charge in [0.25, 0.3) is 0 Å². The monoisotopic (exact) mass is 209 g/mol. The summed E-state index contributed by atoms with van der Waals surface area (Å²) in [6.45, 7) is 3.88. The Kier molecular flexibility index (Phi) is 1.99. The van der Waals surface area contributed by atoms with Crippen molar-refractivity contribution in [3.05, 3.63) is 22.4 Å². The fraction of sp³-hybridized carbons (Fsp3) is 0.375. The van der Waals surface area contributed by atoms with E-state index in [0.29, 0.717) is 4.77 Å². The van der Waals surface area contributed by atoms with Gasteiger partial charge in [0, 0.05) is 18.8 Å². The van der Waals surface area contributed by atoms with E-state index in [1.165, 1.54) is 0 Å². The zero-order valence-electron chi connectivity index (χ0n) is 8.27. The molecule has 0 amide bonds. The van der Waals surface area contributed by atoms with Gasteiger partial charge in [0.05, 0.1) is 0 Å². The molecular formula is C8H11N5S. The predicted octanol–water partition coefficient (Wildman–Crippen LogP) is 1.28. The van der Waals surface area contributed by atoms with E-state index in [1.807, 2.05) is 36.2 Å². The number of nitrogens with zero attached hydrogens (tertiary/aromatic N) is 4. The van der Waals surface area contributed by atoms with Crippen molar-refractivity contribution in [2.45, 2.75) is 13.8 Å². The number of aryl methyl sites for hydroxylation is 3. The minimum absolute atomic E-state index is 0.570. The van der Waals surface area contributed by atoms with Crippen LogP contribution >= 0.6 is 12.2 Å². The van der Waals surface area contributed by atoms with E-state index in [1.54, 1.807) is 0 Å². The molecule has 0 fully saturated rings. The van der Waals surface area contributed by atoms with Crippen LogP contribution in [0.2, 0.25) is 0 Å². The molecule has 14 heavy (non-hydrogen) atoms. The molecule has 0 aliphatic carbocycles. The number of aromatic amines is 1. The standard InChI is InChI=1S/C8H11N5S/c1-5-4-7(11-12(5)3)13-6(2)9-10-8(13)14/h4H,1-3H3,(H,10,14). The molecule has 2 aromatic heterocycles. The second-order valence-electron chi connectivity index (χ2n) is 3.18. The van der Waals surface area contributed by atoms with Crippen molar-refractivity contribution in [1.82, 2.24) is 24.5 Å². The van der Waals surface area contributed by atoms with Gasteiger partial charge in [-0.05, 0) is 26.1 Å². The molecule has 0 saturated heterocycles. The van der Waals surface area contributed by atoms with E-state index in [0.717, 1.165) is 17.3 Å². The van der Waals surface area contributed by atoms with Gasteiger partial charge >= 0.3 is 0 Å². The van der Waals surface area contributed by atoms with E-state index in [4.69, 9.17) is 12.2 Å². The molecule has 2 heterocycles. The molecule has 0 aliphatic heterocycles. The summed E-state index contributed by atoms with van der Waals surface area (Å²) >= 11 is 5.10. The smallest absolute Gasteiger partial charge is 0.201 e. The molecule has 0 unspecified atom stereocenters. The molecule has 5 nitrogen and oxygen atoms in total. The lowest BCUT2D eigenvalue weighted by atomic mass is 10.4. The first-order valence-corrected chi connectivity index (χ1v) is 4.65. The van der Waals surface area contributed by atoms with Crippen LogP contribution in [-0.2, 0) is 7.05 Å². The summed E-state index contributed by atoms with van der Waals surface area (Å²) in [6.07, 6.45) is 0. The zero-order chi connectivity index (χ0) is 10.3. The van der Waals surface area contributed by atoms with Crippen LogP contribution in [0.5, 0.6) is 0 Å². The summed E-state index contributed by atoms with van der Waals surface area (Å²) in [7, 11) is 1.90. The maximum atomic E-state index is 5.10. The number of rotatable bonds is 1. The Bertz CT molecular complexity index is 499. The predicted molar refractivity (Wildman–Crippen MR) is 55.0 cm³/mol. The lowest BCUT2D eigenvalue weighted by molar-refractivity contribution is 0.723. The van der Waals surface area contributed by atoms with E-state index in [9.17, 15) is 0 Å². The Morgan fingerprint density at radius 3 is 2.57 bits per heavy atom. The van der Waals surface area contributed by atoms with E-state index < -0.39 is 0 Å². The van der Waals surface area contributed by atoms with Crippen molar-refractivity contribution in [3.8, 4) is 5.82 Å². The van der Waals surface area contributed by atoms with Gasteiger partial charge in [0.2, 0.25) is 4.77 Å². The third kappa shape index (κ3) is 1.27. The van der Waals surface area contributed by atoms with E-state index in [2.05, 4.69) is 15.3 Å². The molecule has 1 N–H and O–H groups in total. The summed E-state index contributed by atoms with van der Waals surface area (Å²) in [5, 5.41) is 11.1. The third-order valence-corrected chi connectivity index (χ3v) is 2.44. The van der Waals surface area contributed by atoms with Gasteiger partial charge in [-0.2, -0.15) is 10.2 Å². The highest BCUT2D eigenvalue weighted by Gasteiger charge is 2.07. The Labute approximate surface area is 86.4 Å². The highest BCUT2D eigenvalue weighted by molar-refractivity contribution is 7.71. The fourth-order valence-corrected chi connectivity index (χ4v) is 1.57. The molecule has 0 aromatic carbocycles. The largest absolute Gasteiger partial charge is 0.271 e. The quantitative estimate of drug-likeness (QED) is 0.720. The Morgan fingerprint density at radius 1 is 1.43 bits per heavy atom. The molecule has 0 atom stereocenters. The second kappa shape index (κ2) is 3.06. The summed E-state index contributed by atoms with van der Waals surface area (Å²) < 4.78 is 4.19. The lowest BCUT2D eigenvalue weighted by Gasteiger charge is -1.96. The minimum Gasteiger partial charge on any atom is -0.271 e. The first kappa shape index (κ1) is 9.14. The zero-order valence-corrected chi connectivity index (χ0v) is 9.09. The maximum Gasteiger partial charge on any atom is 0.201 e. The van der Waals surface area contributed by atoms with Crippen molar-refractivity contribution in [2.75, 3.05) is 0 Å². The molecule has 6 heteroatoms. The fourth-order valence-electron chi connectivity index (χ4n) is 1.30. The van der Waals surface area contributed by atoms with Crippen molar-refractivity contribution in [1.29, 1.82) is 0 Å². The molecule has 2 rings (SSSR count). The molecule has 74 valence electrons. The highest BCUT2D eigenvalue weighted by atomic mass is 32.1. The molecular weight excluding hydrogens is 198 g/mol. The normalized spacial score (nSPS) is 10.8. The molecule has 0 radical (unpaired) electrons. The van der Waals surface area contributed by atoms with Crippen molar-refractivity contribution >= 4 is 12.2 Å². The van der Waals surface area contributed by atoms with Gasteiger partial charge in [-0.15, -0.1) is 0 Å². The molecule has 0 saturated carbocycles. The third-order valence-electron chi connectivity index (χ3n) is 2.17. The molecule has 0 spiro atoms. The summed E-state index contributed by atoms with van der Waals surface area (Å²) in [5.74, 6) is 1.62. The van der Waals surface area contributed by atoms with Crippen LogP contribution in [0.1, 0.15) is 11.5 Å². The van der Waals surface area contributed by atoms with E-state index in [-0.39, 0.29) is 0 Å². The van der Waals surface area contributed by atoms with Gasteiger partial charge in [0.1, 0.15) is 5.82 Å². The first-order valence-electron chi connectivity index (χ1n) is 4.24. The first-order chi connectivity index (χ1) is 6.59. The van der Waals surface area contributed by atoms with Crippen molar-refractivity contribution < 1.29 is 0 Å². The molecule has 0 bridgehead atoms. The summed E-state index contributed by atoms with van der Waals surface area (Å²) in [4.78, 5) is 0. The second-order valence-corrected chi connectivity index (χ2v) is 3.57. The van der Waals surface area contributed by atoms with Crippen LogP contribution in [0.15, 0.2) is 6.07 Å². The summed E-state index contributed by atoms with van der Waals surface area (Å²) in [6, 6.07) is 1.97. The van der Waals surface area contributed by atoms with Crippen LogP contribution < -0.4 is 0 Å². The topological polar surface area (TPSA) is 51.4 Å².